The topological polar surface area (TPSA) is 81.6 Å². The number of hydrogen-bond acceptors (Lipinski definition) is 6. The number of amides is 1. The number of hydrogen-bond donors (Lipinski definition) is 2. The largest absolute Gasteiger partial charge is 0.335 e. The number of hydroxylamine groups is 1. The van der Waals surface area contributed by atoms with Gasteiger partial charge < -0.3 is 4.90 Å². The van der Waals surface area contributed by atoms with Gasteiger partial charge in [-0.3, -0.25) is 14.9 Å². The molecular formula is C17H19N5O2. The first-order valence-corrected chi connectivity index (χ1v) is 8.05. The third-order valence-electron chi connectivity index (χ3n) is 4.84. The molecule has 4 rings (SSSR count). The van der Waals surface area contributed by atoms with Gasteiger partial charge in [0.25, 0.3) is 5.91 Å². The summed E-state index contributed by atoms with van der Waals surface area (Å²) in [4.78, 5) is 24.6. The van der Waals surface area contributed by atoms with Gasteiger partial charge in [0.1, 0.15) is 0 Å². The van der Waals surface area contributed by atoms with E-state index in [0.717, 1.165) is 26.1 Å². The molecule has 0 saturated carbocycles. The van der Waals surface area contributed by atoms with Crippen molar-refractivity contribution in [2.75, 3.05) is 18.0 Å². The van der Waals surface area contributed by atoms with E-state index in [9.17, 15) is 4.79 Å². The van der Waals surface area contributed by atoms with Crippen molar-refractivity contribution in [1.29, 1.82) is 0 Å². The van der Waals surface area contributed by atoms with Crippen LogP contribution in [0.15, 0.2) is 42.7 Å². The number of piperazine rings is 1. The van der Waals surface area contributed by atoms with Crippen LogP contribution < -0.4 is 10.4 Å². The fraction of sp³-hybridized carbons (Fsp3) is 0.353. The second-order valence-corrected chi connectivity index (χ2v) is 6.32. The van der Waals surface area contributed by atoms with Crippen molar-refractivity contribution >= 4 is 11.9 Å². The van der Waals surface area contributed by atoms with E-state index in [0.29, 0.717) is 18.0 Å². The van der Waals surface area contributed by atoms with Crippen LogP contribution in [0, 0.1) is 0 Å². The third-order valence-corrected chi connectivity index (χ3v) is 4.84. The van der Waals surface area contributed by atoms with Gasteiger partial charge in [-0.15, -0.1) is 0 Å². The molecule has 2 aliphatic rings. The van der Waals surface area contributed by atoms with Gasteiger partial charge in [0.05, 0.1) is 5.56 Å². The number of aromatic nitrogens is 2. The molecule has 3 heterocycles. The monoisotopic (exact) mass is 325 g/mol. The van der Waals surface area contributed by atoms with Crippen LogP contribution in [0.25, 0.3) is 0 Å². The van der Waals surface area contributed by atoms with Crippen molar-refractivity contribution < 1.29 is 10.0 Å². The molecule has 0 aliphatic carbocycles. The fourth-order valence-electron chi connectivity index (χ4n) is 3.66. The van der Waals surface area contributed by atoms with Gasteiger partial charge in [-0.1, -0.05) is 30.3 Å². The summed E-state index contributed by atoms with van der Waals surface area (Å²) >= 11 is 0. The number of likely N-dealkylation sites (tertiary alicyclic amines) is 1. The van der Waals surface area contributed by atoms with Crippen LogP contribution in [-0.4, -0.2) is 51.2 Å². The summed E-state index contributed by atoms with van der Waals surface area (Å²) < 4.78 is 0. The first kappa shape index (κ1) is 15.0. The molecular weight excluding hydrogens is 306 g/mol. The Labute approximate surface area is 139 Å². The Morgan fingerprint density at radius 3 is 2.54 bits per heavy atom. The van der Waals surface area contributed by atoms with E-state index in [1.165, 1.54) is 18.0 Å². The zero-order valence-corrected chi connectivity index (χ0v) is 13.2. The van der Waals surface area contributed by atoms with Crippen LogP contribution in [0.5, 0.6) is 0 Å². The number of nitrogens with zero attached hydrogens (tertiary/aromatic N) is 4. The fourth-order valence-corrected chi connectivity index (χ4v) is 3.66. The van der Waals surface area contributed by atoms with Crippen LogP contribution >= 0.6 is 0 Å². The zero-order valence-electron chi connectivity index (χ0n) is 13.2. The summed E-state index contributed by atoms with van der Waals surface area (Å²) in [5, 5.41) is 8.63. The van der Waals surface area contributed by atoms with E-state index in [4.69, 9.17) is 5.21 Å². The Hall–Kier alpha value is -2.51. The van der Waals surface area contributed by atoms with Gasteiger partial charge in [0, 0.05) is 44.1 Å². The van der Waals surface area contributed by atoms with E-state index in [1.54, 1.807) is 5.48 Å². The highest BCUT2D eigenvalue weighted by Gasteiger charge is 2.44. The average Bonchev–Trinajstić information content (AvgIpc) is 3.22. The molecule has 124 valence electrons. The lowest BCUT2D eigenvalue weighted by molar-refractivity contribution is 0.0705. The average molecular weight is 325 g/mol. The van der Waals surface area contributed by atoms with Crippen LogP contribution in [0.4, 0.5) is 5.95 Å². The predicted molar refractivity (Wildman–Crippen MR) is 87.7 cm³/mol. The molecule has 0 unspecified atom stereocenters. The number of anilines is 1. The van der Waals surface area contributed by atoms with Crippen LogP contribution in [-0.2, 0) is 6.54 Å². The Morgan fingerprint density at radius 1 is 1.17 bits per heavy atom. The maximum Gasteiger partial charge on any atom is 0.277 e. The molecule has 2 saturated heterocycles. The van der Waals surface area contributed by atoms with E-state index in [1.807, 2.05) is 6.07 Å². The van der Waals surface area contributed by atoms with Crippen LogP contribution in [0.1, 0.15) is 22.3 Å². The van der Waals surface area contributed by atoms with Gasteiger partial charge in [-0.2, -0.15) is 0 Å². The molecule has 0 radical (unpaired) electrons. The summed E-state index contributed by atoms with van der Waals surface area (Å²) in [5.74, 6) is 0.0508. The SMILES string of the molecule is O=C(NO)c1cnc(N2C[C@@H]3C[C@H]2CN3Cc2ccccc2)nc1. The molecule has 24 heavy (non-hydrogen) atoms. The number of nitrogens with one attached hydrogen (secondary N) is 1. The molecule has 7 nitrogen and oxygen atoms in total. The minimum absolute atomic E-state index is 0.247. The summed E-state index contributed by atoms with van der Waals surface area (Å²) in [6, 6.07) is 11.5. The number of carbonyl (C=O) groups is 1. The number of carbonyl (C=O) groups excluding carboxylic acids is 1. The van der Waals surface area contributed by atoms with Crippen molar-refractivity contribution in [3.05, 3.63) is 53.9 Å². The van der Waals surface area contributed by atoms with Gasteiger partial charge in [-0.25, -0.2) is 15.4 Å². The number of fused-ring (bicyclic) bond motifs is 2. The van der Waals surface area contributed by atoms with E-state index in [-0.39, 0.29) is 5.56 Å². The quantitative estimate of drug-likeness (QED) is 0.646. The second kappa shape index (κ2) is 6.18. The maximum absolute atomic E-state index is 11.3. The molecule has 0 spiro atoms. The van der Waals surface area contributed by atoms with Gasteiger partial charge >= 0.3 is 0 Å². The highest BCUT2D eigenvalue weighted by molar-refractivity contribution is 5.92. The molecule has 7 heteroatoms. The molecule has 2 N–H and O–H groups in total. The molecule has 2 atom stereocenters. The normalized spacial score (nSPS) is 22.8. The molecule has 2 fully saturated rings. The molecule has 2 aromatic rings. The first-order valence-electron chi connectivity index (χ1n) is 8.05. The van der Waals surface area contributed by atoms with Crippen molar-refractivity contribution in [1.82, 2.24) is 20.3 Å². The van der Waals surface area contributed by atoms with Crippen molar-refractivity contribution in [3.8, 4) is 0 Å². The summed E-state index contributed by atoms with van der Waals surface area (Å²) in [5.41, 5.74) is 3.17. The minimum Gasteiger partial charge on any atom is -0.335 e. The molecule has 2 aliphatic heterocycles. The smallest absolute Gasteiger partial charge is 0.277 e. The van der Waals surface area contributed by atoms with E-state index in [2.05, 4.69) is 44.0 Å². The second-order valence-electron chi connectivity index (χ2n) is 6.32. The third kappa shape index (κ3) is 2.72. The Balaban J connectivity index is 1.42. The van der Waals surface area contributed by atoms with Gasteiger partial charge in [0.15, 0.2) is 0 Å². The number of rotatable bonds is 4. The first-order chi connectivity index (χ1) is 11.7. The summed E-state index contributed by atoms with van der Waals surface area (Å²) in [6.07, 6.45) is 4.01. The minimum atomic E-state index is -0.599. The number of benzene rings is 1. The van der Waals surface area contributed by atoms with Crippen LogP contribution in [0.2, 0.25) is 0 Å². The van der Waals surface area contributed by atoms with Gasteiger partial charge in [-0.05, 0) is 12.0 Å². The van der Waals surface area contributed by atoms with Crippen molar-refractivity contribution in [2.24, 2.45) is 0 Å². The lowest BCUT2D eigenvalue weighted by Crippen LogP contribution is -2.46. The van der Waals surface area contributed by atoms with Crippen LogP contribution in [0.3, 0.4) is 0 Å². The Kier molecular flexibility index (Phi) is 3.87. The lowest BCUT2D eigenvalue weighted by atomic mass is 10.2. The molecule has 1 amide bonds. The maximum atomic E-state index is 11.3. The lowest BCUT2D eigenvalue weighted by Gasteiger charge is -2.34. The van der Waals surface area contributed by atoms with E-state index < -0.39 is 5.91 Å². The summed E-state index contributed by atoms with van der Waals surface area (Å²) in [7, 11) is 0. The highest BCUT2D eigenvalue weighted by Crippen LogP contribution is 2.33. The zero-order chi connectivity index (χ0) is 16.5. The summed E-state index contributed by atoms with van der Waals surface area (Å²) in [6.45, 7) is 2.89. The van der Waals surface area contributed by atoms with Crippen molar-refractivity contribution in [2.45, 2.75) is 25.0 Å². The Bertz CT molecular complexity index is 722. The molecule has 2 bridgehead atoms. The molecule has 1 aromatic carbocycles. The van der Waals surface area contributed by atoms with E-state index >= 15 is 0 Å². The van der Waals surface area contributed by atoms with Gasteiger partial charge in [0.2, 0.25) is 5.95 Å². The molecule has 1 aromatic heterocycles. The highest BCUT2D eigenvalue weighted by atomic mass is 16.5. The van der Waals surface area contributed by atoms with Crippen molar-refractivity contribution in [3.63, 3.8) is 0 Å². The standard InChI is InChI=1S/C17H19N5O2/c23-16(20-24)13-7-18-17(19-8-13)22-11-14-6-15(22)10-21(14)9-12-4-2-1-3-5-12/h1-5,7-8,14-15,24H,6,9-11H2,(H,20,23)/t14-,15-/m0/s1. The predicted octanol–water partition coefficient (Wildman–Crippen LogP) is 1.06. The Morgan fingerprint density at radius 2 is 1.92 bits per heavy atom.